The number of aryl methyl sites for hydroxylation is 1. The molecule has 130 valence electrons. The van der Waals surface area contributed by atoms with Gasteiger partial charge in [0, 0.05) is 24.5 Å². The lowest BCUT2D eigenvalue weighted by Gasteiger charge is -2.05. The molecule has 0 saturated carbocycles. The molecule has 0 saturated heterocycles. The number of hydrogen-bond acceptors (Lipinski definition) is 5. The summed E-state index contributed by atoms with van der Waals surface area (Å²) in [5.74, 6) is 0.538. The molecule has 26 heavy (non-hydrogen) atoms. The number of benzene rings is 2. The highest BCUT2D eigenvalue weighted by Crippen LogP contribution is 2.25. The Morgan fingerprint density at radius 2 is 1.92 bits per heavy atom. The average molecular weight is 348 g/mol. The lowest BCUT2D eigenvalue weighted by Crippen LogP contribution is -2.12. The molecule has 1 amide bonds. The zero-order valence-corrected chi connectivity index (χ0v) is 14.3. The van der Waals surface area contributed by atoms with E-state index < -0.39 is 0 Å². The number of nitrogens with one attached hydrogen (secondary N) is 1. The van der Waals surface area contributed by atoms with E-state index in [1.54, 1.807) is 25.4 Å². The van der Waals surface area contributed by atoms with Gasteiger partial charge in [-0.15, -0.1) is 5.10 Å². The fourth-order valence-electron chi connectivity index (χ4n) is 2.66. The van der Waals surface area contributed by atoms with Gasteiger partial charge in [-0.3, -0.25) is 9.48 Å². The molecular formula is C19H16N4O3. The molecule has 7 nitrogen and oxygen atoms in total. The number of methoxy groups -OCH3 is 1. The van der Waals surface area contributed by atoms with Crippen molar-refractivity contribution in [2.45, 2.75) is 0 Å². The number of hydrogen-bond donors (Lipinski definition) is 1. The highest BCUT2D eigenvalue weighted by Gasteiger charge is 2.16. The van der Waals surface area contributed by atoms with Crippen molar-refractivity contribution in [2.24, 2.45) is 7.05 Å². The van der Waals surface area contributed by atoms with Gasteiger partial charge in [0.05, 0.1) is 7.11 Å². The van der Waals surface area contributed by atoms with Gasteiger partial charge in [-0.2, -0.15) is 0 Å². The average Bonchev–Trinajstić information content (AvgIpc) is 3.25. The Balaban J connectivity index is 1.55. The minimum Gasteiger partial charge on any atom is -0.479 e. The number of anilines is 1. The number of nitrogens with zero attached hydrogens (tertiary/aromatic N) is 3. The van der Waals surface area contributed by atoms with Gasteiger partial charge in [0.15, 0.2) is 5.58 Å². The maximum absolute atomic E-state index is 12.4. The van der Waals surface area contributed by atoms with E-state index in [1.165, 1.54) is 11.8 Å². The van der Waals surface area contributed by atoms with Crippen LogP contribution in [0.25, 0.3) is 22.6 Å². The first-order chi connectivity index (χ1) is 12.6. The molecule has 0 aliphatic carbocycles. The molecule has 0 unspecified atom stereocenters. The van der Waals surface area contributed by atoms with Gasteiger partial charge in [0.1, 0.15) is 11.1 Å². The first-order valence-corrected chi connectivity index (χ1v) is 7.99. The van der Waals surface area contributed by atoms with Crippen LogP contribution in [-0.2, 0) is 7.05 Å². The minimum atomic E-state index is -0.287. The van der Waals surface area contributed by atoms with E-state index in [9.17, 15) is 4.79 Å². The van der Waals surface area contributed by atoms with Crippen LogP contribution in [-0.4, -0.2) is 27.8 Å². The molecule has 0 fully saturated rings. The Bertz CT molecular complexity index is 1050. The van der Waals surface area contributed by atoms with Crippen LogP contribution in [0.5, 0.6) is 5.88 Å². The third-order valence-electron chi connectivity index (χ3n) is 3.92. The van der Waals surface area contributed by atoms with Crippen LogP contribution in [0.3, 0.4) is 0 Å². The molecule has 0 aliphatic heterocycles. The van der Waals surface area contributed by atoms with Crippen LogP contribution in [0.2, 0.25) is 0 Å². The number of para-hydroxylation sites is 2. The SMILES string of the molecule is COc1nn(C)cc1C(=O)Nc1ccc(-c2nc3ccccc3o2)cc1. The van der Waals surface area contributed by atoms with Crippen molar-refractivity contribution < 1.29 is 13.9 Å². The van der Waals surface area contributed by atoms with E-state index in [2.05, 4.69) is 15.4 Å². The quantitative estimate of drug-likeness (QED) is 0.610. The van der Waals surface area contributed by atoms with E-state index in [0.29, 0.717) is 17.1 Å². The Morgan fingerprint density at radius 3 is 2.65 bits per heavy atom. The Kier molecular flexibility index (Phi) is 3.89. The zero-order valence-electron chi connectivity index (χ0n) is 14.3. The topological polar surface area (TPSA) is 82.2 Å². The summed E-state index contributed by atoms with van der Waals surface area (Å²) in [5, 5.41) is 6.91. The summed E-state index contributed by atoms with van der Waals surface area (Å²) in [6.07, 6.45) is 1.61. The van der Waals surface area contributed by atoms with Crippen LogP contribution >= 0.6 is 0 Å². The smallest absolute Gasteiger partial charge is 0.262 e. The first-order valence-electron chi connectivity index (χ1n) is 7.99. The molecule has 0 aliphatic rings. The summed E-state index contributed by atoms with van der Waals surface area (Å²) >= 11 is 0. The van der Waals surface area contributed by atoms with E-state index in [1.807, 2.05) is 36.4 Å². The Hall–Kier alpha value is -3.61. The van der Waals surface area contributed by atoms with Crippen LogP contribution < -0.4 is 10.1 Å². The normalized spacial score (nSPS) is 10.8. The molecule has 1 N–H and O–H groups in total. The fourth-order valence-corrected chi connectivity index (χ4v) is 2.66. The lowest BCUT2D eigenvalue weighted by atomic mass is 10.2. The number of amides is 1. The van der Waals surface area contributed by atoms with Crippen molar-refractivity contribution >= 4 is 22.7 Å². The van der Waals surface area contributed by atoms with Crippen LogP contribution in [0.15, 0.2) is 59.1 Å². The van der Waals surface area contributed by atoms with Crippen LogP contribution in [0.4, 0.5) is 5.69 Å². The number of fused-ring (bicyclic) bond motifs is 1. The predicted octanol–water partition coefficient (Wildman–Crippen LogP) is 3.49. The largest absolute Gasteiger partial charge is 0.479 e. The van der Waals surface area contributed by atoms with Crippen molar-refractivity contribution in [1.29, 1.82) is 0 Å². The van der Waals surface area contributed by atoms with Crippen molar-refractivity contribution in [3.05, 3.63) is 60.3 Å². The summed E-state index contributed by atoms with van der Waals surface area (Å²) in [7, 11) is 3.21. The molecule has 4 rings (SSSR count). The van der Waals surface area contributed by atoms with Crippen LogP contribution in [0, 0.1) is 0 Å². The monoisotopic (exact) mass is 348 g/mol. The van der Waals surface area contributed by atoms with Crippen molar-refractivity contribution in [2.75, 3.05) is 12.4 Å². The number of ether oxygens (including phenoxy) is 1. The second-order valence-corrected chi connectivity index (χ2v) is 5.74. The third kappa shape index (κ3) is 2.90. The molecule has 4 aromatic rings. The predicted molar refractivity (Wildman–Crippen MR) is 97.2 cm³/mol. The maximum atomic E-state index is 12.4. The van der Waals surface area contributed by atoms with Crippen molar-refractivity contribution in [1.82, 2.24) is 14.8 Å². The lowest BCUT2D eigenvalue weighted by molar-refractivity contribution is 0.102. The Labute approximate surface area is 149 Å². The van der Waals surface area contributed by atoms with Crippen molar-refractivity contribution in [3.8, 4) is 17.3 Å². The van der Waals surface area contributed by atoms with Gasteiger partial charge in [-0.25, -0.2) is 4.98 Å². The highest BCUT2D eigenvalue weighted by atomic mass is 16.5. The standard InChI is InChI=1S/C19H16N4O3/c1-23-11-14(19(22-23)25-2)17(24)20-13-9-7-12(8-10-13)18-21-15-5-3-4-6-16(15)26-18/h3-11H,1-2H3,(H,20,24). The van der Waals surface area contributed by atoms with Gasteiger partial charge in [-0.1, -0.05) is 12.1 Å². The van der Waals surface area contributed by atoms with Crippen LogP contribution in [0.1, 0.15) is 10.4 Å². The van der Waals surface area contributed by atoms with Gasteiger partial charge in [0.25, 0.3) is 5.91 Å². The molecule has 2 heterocycles. The maximum Gasteiger partial charge on any atom is 0.262 e. The number of rotatable bonds is 4. The van der Waals surface area contributed by atoms with E-state index in [0.717, 1.165) is 16.7 Å². The van der Waals surface area contributed by atoms with E-state index >= 15 is 0 Å². The van der Waals surface area contributed by atoms with Gasteiger partial charge in [0.2, 0.25) is 11.8 Å². The van der Waals surface area contributed by atoms with E-state index in [-0.39, 0.29) is 11.8 Å². The van der Waals surface area contributed by atoms with Gasteiger partial charge in [-0.05, 0) is 36.4 Å². The number of carbonyl (C=O) groups is 1. The van der Waals surface area contributed by atoms with Gasteiger partial charge >= 0.3 is 0 Å². The summed E-state index contributed by atoms with van der Waals surface area (Å²) < 4.78 is 12.4. The summed E-state index contributed by atoms with van der Waals surface area (Å²) in [4.78, 5) is 16.9. The van der Waals surface area contributed by atoms with Crippen molar-refractivity contribution in [3.63, 3.8) is 0 Å². The fraction of sp³-hybridized carbons (Fsp3) is 0.105. The second kappa shape index (κ2) is 6.36. The molecule has 2 aromatic heterocycles. The Morgan fingerprint density at radius 1 is 1.15 bits per heavy atom. The molecule has 7 heteroatoms. The number of oxazole rings is 1. The first kappa shape index (κ1) is 15.9. The second-order valence-electron chi connectivity index (χ2n) is 5.74. The molecule has 0 radical (unpaired) electrons. The highest BCUT2D eigenvalue weighted by molar-refractivity contribution is 6.05. The molecule has 0 bridgehead atoms. The zero-order chi connectivity index (χ0) is 18.1. The number of carbonyl (C=O) groups excluding carboxylic acids is 1. The molecule has 0 spiro atoms. The third-order valence-corrected chi connectivity index (χ3v) is 3.92. The summed E-state index contributed by atoms with van der Waals surface area (Å²) in [6.45, 7) is 0. The minimum absolute atomic E-state index is 0.285. The number of aromatic nitrogens is 3. The molecule has 0 atom stereocenters. The van der Waals surface area contributed by atoms with Gasteiger partial charge < -0.3 is 14.5 Å². The summed E-state index contributed by atoms with van der Waals surface area (Å²) in [6, 6.07) is 14.9. The molecular weight excluding hydrogens is 332 g/mol. The molecule has 2 aromatic carbocycles. The summed E-state index contributed by atoms with van der Waals surface area (Å²) in [5.41, 5.74) is 3.41. The van der Waals surface area contributed by atoms with E-state index in [4.69, 9.17) is 9.15 Å².